The van der Waals surface area contributed by atoms with Crippen molar-refractivity contribution < 1.29 is 17.9 Å². The van der Waals surface area contributed by atoms with E-state index in [1.165, 1.54) is 9.71 Å². The number of benzene rings is 3. The number of amides is 1. The van der Waals surface area contributed by atoms with Crippen LogP contribution in [0.4, 0.5) is 17.1 Å². The molecule has 8 heteroatoms. The second-order valence-electron chi connectivity index (χ2n) is 8.32. The number of nitrogens with zero attached hydrogens (tertiary/aromatic N) is 1. The standard InChI is InChI=1S/C27H29N3O4S/c1-34-24-13-11-23(12-14-24)28-25-9-5-6-10-26(25)29-27(31)22-15-18-30(19-16-22)35(32,33)20-17-21-7-3-2-4-8-21/h2-14,17,20,22,28H,15-16,18-19H2,1H3,(H,29,31)/b20-17+. The van der Waals surface area contributed by atoms with Crippen molar-refractivity contribution in [2.75, 3.05) is 30.8 Å². The highest BCUT2D eigenvalue weighted by atomic mass is 32.2. The lowest BCUT2D eigenvalue weighted by atomic mass is 9.97. The van der Waals surface area contributed by atoms with E-state index in [2.05, 4.69) is 10.6 Å². The zero-order chi connectivity index (χ0) is 24.7. The largest absolute Gasteiger partial charge is 0.497 e. The van der Waals surface area contributed by atoms with Crippen LogP contribution in [0, 0.1) is 5.92 Å². The first-order valence-corrected chi connectivity index (χ1v) is 13.0. The smallest absolute Gasteiger partial charge is 0.236 e. The molecule has 0 unspecified atom stereocenters. The number of sulfonamides is 1. The van der Waals surface area contributed by atoms with Crippen LogP contribution in [-0.4, -0.2) is 38.8 Å². The summed E-state index contributed by atoms with van der Waals surface area (Å²) in [5.41, 5.74) is 3.15. The Balaban J connectivity index is 1.35. The summed E-state index contributed by atoms with van der Waals surface area (Å²) in [6.45, 7) is 0.622. The number of hydrogen-bond acceptors (Lipinski definition) is 5. The number of rotatable bonds is 8. The summed E-state index contributed by atoms with van der Waals surface area (Å²) in [7, 11) is -1.91. The SMILES string of the molecule is COc1ccc(Nc2ccccc2NC(=O)C2CCN(S(=O)(=O)/C=C/c3ccccc3)CC2)cc1. The van der Waals surface area contributed by atoms with Gasteiger partial charge in [0.25, 0.3) is 0 Å². The van der Waals surface area contributed by atoms with Crippen LogP contribution in [0.1, 0.15) is 18.4 Å². The van der Waals surface area contributed by atoms with E-state index < -0.39 is 10.0 Å². The van der Waals surface area contributed by atoms with Crippen LogP contribution >= 0.6 is 0 Å². The van der Waals surface area contributed by atoms with Gasteiger partial charge in [-0.2, -0.15) is 4.31 Å². The molecule has 1 aliphatic heterocycles. The number of hydrogen-bond donors (Lipinski definition) is 2. The number of nitrogens with one attached hydrogen (secondary N) is 2. The molecule has 0 aliphatic carbocycles. The minimum atomic E-state index is -3.53. The van der Waals surface area contributed by atoms with Crippen molar-refractivity contribution in [3.8, 4) is 5.75 Å². The number of para-hydroxylation sites is 2. The van der Waals surface area contributed by atoms with Crippen LogP contribution in [0.5, 0.6) is 5.75 Å². The van der Waals surface area contributed by atoms with E-state index in [1.54, 1.807) is 13.2 Å². The van der Waals surface area contributed by atoms with E-state index in [0.29, 0.717) is 31.6 Å². The maximum atomic E-state index is 13.0. The molecule has 3 aromatic rings. The van der Waals surface area contributed by atoms with Crippen molar-refractivity contribution in [2.24, 2.45) is 5.92 Å². The normalized spacial score (nSPS) is 15.1. The van der Waals surface area contributed by atoms with Gasteiger partial charge in [-0.25, -0.2) is 8.42 Å². The second kappa shape index (κ2) is 11.2. The van der Waals surface area contributed by atoms with Crippen molar-refractivity contribution >= 4 is 39.1 Å². The fraction of sp³-hybridized carbons (Fsp3) is 0.222. The van der Waals surface area contributed by atoms with E-state index in [-0.39, 0.29) is 11.8 Å². The Hall–Kier alpha value is -3.62. The maximum Gasteiger partial charge on any atom is 0.236 e. The monoisotopic (exact) mass is 491 g/mol. The molecule has 1 aliphatic rings. The van der Waals surface area contributed by atoms with Gasteiger partial charge in [-0.3, -0.25) is 4.79 Å². The van der Waals surface area contributed by atoms with Crippen LogP contribution in [-0.2, 0) is 14.8 Å². The van der Waals surface area contributed by atoms with Gasteiger partial charge >= 0.3 is 0 Å². The molecule has 7 nitrogen and oxygen atoms in total. The molecule has 0 atom stereocenters. The average Bonchev–Trinajstić information content (AvgIpc) is 2.90. The summed E-state index contributed by atoms with van der Waals surface area (Å²) in [5, 5.41) is 7.58. The molecule has 1 saturated heterocycles. The van der Waals surface area contributed by atoms with Gasteiger partial charge in [-0.15, -0.1) is 0 Å². The molecule has 0 spiro atoms. The zero-order valence-electron chi connectivity index (χ0n) is 19.6. The fourth-order valence-electron chi connectivity index (χ4n) is 3.95. The zero-order valence-corrected chi connectivity index (χ0v) is 20.4. The van der Waals surface area contributed by atoms with Crippen LogP contribution in [0.3, 0.4) is 0 Å². The summed E-state index contributed by atoms with van der Waals surface area (Å²) in [4.78, 5) is 13.0. The number of piperidine rings is 1. The third kappa shape index (κ3) is 6.49. The van der Waals surface area contributed by atoms with Gasteiger partial charge < -0.3 is 15.4 Å². The Labute approximate surface area is 206 Å². The molecule has 35 heavy (non-hydrogen) atoms. The van der Waals surface area contributed by atoms with E-state index in [9.17, 15) is 13.2 Å². The lowest BCUT2D eigenvalue weighted by Crippen LogP contribution is -2.40. The first-order valence-electron chi connectivity index (χ1n) is 11.5. The minimum absolute atomic E-state index is 0.106. The summed E-state index contributed by atoms with van der Waals surface area (Å²) < 4.78 is 32.1. The van der Waals surface area contributed by atoms with Crippen LogP contribution in [0.25, 0.3) is 6.08 Å². The van der Waals surface area contributed by atoms with Crippen molar-refractivity contribution in [3.63, 3.8) is 0 Å². The molecule has 0 saturated carbocycles. The molecule has 182 valence electrons. The first kappa shape index (κ1) is 24.5. The molecule has 2 N–H and O–H groups in total. The Morgan fingerprint density at radius 3 is 2.20 bits per heavy atom. The minimum Gasteiger partial charge on any atom is -0.497 e. The van der Waals surface area contributed by atoms with Crippen molar-refractivity contribution in [2.45, 2.75) is 12.8 Å². The number of anilines is 3. The molecule has 0 aromatic heterocycles. The molecule has 0 radical (unpaired) electrons. The highest BCUT2D eigenvalue weighted by Crippen LogP contribution is 2.28. The average molecular weight is 492 g/mol. The van der Waals surface area contributed by atoms with Crippen LogP contribution < -0.4 is 15.4 Å². The van der Waals surface area contributed by atoms with Crippen molar-refractivity contribution in [1.82, 2.24) is 4.31 Å². The van der Waals surface area contributed by atoms with Gasteiger partial charge in [0.15, 0.2) is 0 Å². The molecule has 1 heterocycles. The number of carbonyl (C=O) groups is 1. The van der Waals surface area contributed by atoms with Gasteiger partial charge in [-0.1, -0.05) is 42.5 Å². The predicted octanol–water partition coefficient (Wildman–Crippen LogP) is 5.09. The maximum absolute atomic E-state index is 13.0. The van der Waals surface area contributed by atoms with E-state index in [4.69, 9.17) is 4.74 Å². The van der Waals surface area contributed by atoms with E-state index in [0.717, 1.165) is 22.7 Å². The molecule has 1 amide bonds. The number of ether oxygens (including phenoxy) is 1. The topological polar surface area (TPSA) is 87.7 Å². The van der Waals surface area contributed by atoms with Crippen LogP contribution in [0.15, 0.2) is 84.3 Å². The third-order valence-corrected chi connectivity index (χ3v) is 7.54. The Kier molecular flexibility index (Phi) is 7.84. The predicted molar refractivity (Wildman–Crippen MR) is 140 cm³/mol. The van der Waals surface area contributed by atoms with Gasteiger partial charge in [0.05, 0.1) is 18.5 Å². The van der Waals surface area contributed by atoms with Gasteiger partial charge in [0, 0.05) is 30.1 Å². The fourth-order valence-corrected chi connectivity index (χ4v) is 5.17. The molecule has 0 bridgehead atoms. The van der Waals surface area contributed by atoms with E-state index in [1.807, 2.05) is 78.9 Å². The number of carbonyl (C=O) groups excluding carboxylic acids is 1. The van der Waals surface area contributed by atoms with Crippen LogP contribution in [0.2, 0.25) is 0 Å². The van der Waals surface area contributed by atoms with Gasteiger partial charge in [-0.05, 0) is 60.9 Å². The summed E-state index contributed by atoms with van der Waals surface area (Å²) in [5.74, 6) is 0.403. The summed E-state index contributed by atoms with van der Waals surface area (Å²) in [6.07, 6.45) is 2.54. The van der Waals surface area contributed by atoms with Gasteiger partial charge in [0.1, 0.15) is 5.75 Å². The lowest BCUT2D eigenvalue weighted by Gasteiger charge is -2.29. The first-order chi connectivity index (χ1) is 16.9. The quantitative estimate of drug-likeness (QED) is 0.458. The highest BCUT2D eigenvalue weighted by molar-refractivity contribution is 7.92. The summed E-state index contributed by atoms with van der Waals surface area (Å²) >= 11 is 0. The molecular weight excluding hydrogens is 462 g/mol. The molecule has 3 aromatic carbocycles. The van der Waals surface area contributed by atoms with Gasteiger partial charge in [0.2, 0.25) is 15.9 Å². The molecular formula is C27H29N3O4S. The Morgan fingerprint density at radius 2 is 1.54 bits per heavy atom. The Morgan fingerprint density at radius 1 is 0.914 bits per heavy atom. The Bertz CT molecular complexity index is 1270. The van der Waals surface area contributed by atoms with Crippen molar-refractivity contribution in [3.05, 3.63) is 89.8 Å². The molecule has 4 rings (SSSR count). The van der Waals surface area contributed by atoms with Crippen molar-refractivity contribution in [1.29, 1.82) is 0 Å². The third-order valence-electron chi connectivity index (χ3n) is 5.97. The van der Waals surface area contributed by atoms with E-state index >= 15 is 0 Å². The number of methoxy groups -OCH3 is 1. The second-order valence-corrected chi connectivity index (χ2v) is 10.1. The molecule has 1 fully saturated rings. The summed E-state index contributed by atoms with van der Waals surface area (Å²) in [6, 6.07) is 24.3. The lowest BCUT2D eigenvalue weighted by molar-refractivity contribution is -0.120. The highest BCUT2D eigenvalue weighted by Gasteiger charge is 2.30.